The molecule has 3 rings (SSSR count). The first-order valence-electron chi connectivity index (χ1n) is 12.7. The quantitative estimate of drug-likeness (QED) is 0.258. The number of rotatable bonds is 10. The number of carbonyl (C=O) groups excluding carboxylic acids is 3. The van der Waals surface area contributed by atoms with E-state index in [2.05, 4.69) is 10.6 Å². The predicted octanol–water partition coefficient (Wildman–Crippen LogP) is 2.73. The summed E-state index contributed by atoms with van der Waals surface area (Å²) in [5.41, 5.74) is 1.84. The standard InChI is InChI=1S/C29H36N2O6/c32-16-18-36-17-15-30-27(33)20-24-13-7-8-14-25(19-22-9-3-1-4-10-22)29(35)37-26(21-31-28(24)34)23-11-5-2-6-12-23/h1-12,24-26,32H,13-21H2,(H,30,33)(H,31,34)/t24-,25-,26-/m1/s1. The van der Waals surface area contributed by atoms with Crippen LogP contribution in [0, 0.1) is 11.8 Å². The highest BCUT2D eigenvalue weighted by Crippen LogP contribution is 2.23. The Labute approximate surface area is 218 Å². The Bertz CT molecular complexity index is 1010. The molecule has 1 aliphatic heterocycles. The van der Waals surface area contributed by atoms with Gasteiger partial charge in [-0.3, -0.25) is 14.4 Å². The van der Waals surface area contributed by atoms with Gasteiger partial charge < -0.3 is 25.2 Å². The van der Waals surface area contributed by atoms with E-state index in [4.69, 9.17) is 14.6 Å². The topological polar surface area (TPSA) is 114 Å². The van der Waals surface area contributed by atoms with Crippen molar-refractivity contribution in [2.24, 2.45) is 11.8 Å². The monoisotopic (exact) mass is 508 g/mol. The number of nitrogens with one attached hydrogen (secondary N) is 2. The van der Waals surface area contributed by atoms with E-state index in [1.165, 1.54) is 0 Å². The van der Waals surface area contributed by atoms with Gasteiger partial charge >= 0.3 is 5.97 Å². The summed E-state index contributed by atoms with van der Waals surface area (Å²) in [6.07, 6.45) is 4.54. The summed E-state index contributed by atoms with van der Waals surface area (Å²) < 4.78 is 11.1. The molecule has 0 radical (unpaired) electrons. The number of benzene rings is 2. The van der Waals surface area contributed by atoms with E-state index < -0.39 is 12.0 Å². The van der Waals surface area contributed by atoms with Crippen molar-refractivity contribution in [2.45, 2.75) is 31.8 Å². The molecule has 3 atom stereocenters. The van der Waals surface area contributed by atoms with Gasteiger partial charge in [-0.2, -0.15) is 0 Å². The Morgan fingerprint density at radius 1 is 0.973 bits per heavy atom. The molecule has 1 aliphatic rings. The summed E-state index contributed by atoms with van der Waals surface area (Å²) in [6, 6.07) is 19.2. The van der Waals surface area contributed by atoms with Gasteiger partial charge in [0.2, 0.25) is 11.8 Å². The van der Waals surface area contributed by atoms with Crippen molar-refractivity contribution in [3.05, 3.63) is 83.9 Å². The van der Waals surface area contributed by atoms with Crippen LogP contribution in [0.2, 0.25) is 0 Å². The normalized spacial score (nSPS) is 20.7. The maximum Gasteiger partial charge on any atom is 0.310 e. The van der Waals surface area contributed by atoms with Crippen molar-refractivity contribution in [3.63, 3.8) is 0 Å². The molecule has 0 saturated carbocycles. The molecule has 0 unspecified atom stereocenters. The number of hydrogen-bond acceptors (Lipinski definition) is 6. The molecule has 0 bridgehead atoms. The second-order valence-corrected chi connectivity index (χ2v) is 9.00. The van der Waals surface area contributed by atoms with E-state index in [-0.39, 0.29) is 56.5 Å². The van der Waals surface area contributed by atoms with Crippen molar-refractivity contribution in [1.82, 2.24) is 10.6 Å². The first kappa shape index (κ1) is 28.1. The van der Waals surface area contributed by atoms with E-state index in [0.717, 1.165) is 11.1 Å². The first-order chi connectivity index (χ1) is 18.1. The van der Waals surface area contributed by atoms with Gasteiger partial charge in [0, 0.05) is 13.0 Å². The molecule has 198 valence electrons. The second kappa shape index (κ2) is 15.6. The van der Waals surface area contributed by atoms with Crippen molar-refractivity contribution < 1.29 is 29.0 Å². The largest absolute Gasteiger partial charge is 0.455 e. The SMILES string of the molecule is O=C(C[C@H]1CC=CC[C@H](Cc2ccccc2)C(=O)O[C@@H](c2ccccc2)CNC1=O)NCCOCCO. The molecule has 0 spiro atoms. The van der Waals surface area contributed by atoms with Crippen LogP contribution < -0.4 is 10.6 Å². The van der Waals surface area contributed by atoms with Crippen molar-refractivity contribution in [2.75, 3.05) is 32.9 Å². The lowest BCUT2D eigenvalue weighted by molar-refractivity contribution is -0.154. The third-order valence-corrected chi connectivity index (χ3v) is 6.16. The molecule has 2 aromatic rings. The first-order valence-corrected chi connectivity index (χ1v) is 12.7. The number of hydrogen-bond donors (Lipinski definition) is 3. The summed E-state index contributed by atoms with van der Waals surface area (Å²) >= 11 is 0. The lowest BCUT2D eigenvalue weighted by atomic mass is 9.94. The fourth-order valence-electron chi connectivity index (χ4n) is 4.16. The molecule has 0 fully saturated rings. The number of carbonyl (C=O) groups is 3. The summed E-state index contributed by atoms with van der Waals surface area (Å²) in [6.45, 7) is 0.841. The molecule has 0 aliphatic carbocycles. The zero-order chi connectivity index (χ0) is 26.3. The molecule has 37 heavy (non-hydrogen) atoms. The fourth-order valence-corrected chi connectivity index (χ4v) is 4.16. The molecule has 3 N–H and O–H groups in total. The maximum atomic E-state index is 13.2. The van der Waals surface area contributed by atoms with Gasteiger partial charge in [0.25, 0.3) is 0 Å². The molecule has 2 amide bonds. The highest BCUT2D eigenvalue weighted by atomic mass is 16.5. The molecular formula is C29H36N2O6. The summed E-state index contributed by atoms with van der Waals surface area (Å²) in [5.74, 6) is -1.76. The Balaban J connectivity index is 1.73. The van der Waals surface area contributed by atoms with Crippen LogP contribution in [0.5, 0.6) is 0 Å². The Hall–Kier alpha value is -3.49. The molecular weight excluding hydrogens is 472 g/mol. The highest BCUT2D eigenvalue weighted by Gasteiger charge is 2.27. The average Bonchev–Trinajstić information content (AvgIpc) is 2.92. The fraction of sp³-hybridized carbons (Fsp3) is 0.414. The zero-order valence-electron chi connectivity index (χ0n) is 21.0. The van der Waals surface area contributed by atoms with Crippen LogP contribution in [0.3, 0.4) is 0 Å². The molecule has 8 heteroatoms. The minimum atomic E-state index is -0.641. The van der Waals surface area contributed by atoms with Gasteiger partial charge in [0.05, 0.1) is 38.2 Å². The van der Waals surface area contributed by atoms with Crippen LogP contribution in [0.1, 0.15) is 36.5 Å². The smallest absolute Gasteiger partial charge is 0.310 e. The molecule has 0 aromatic heterocycles. The van der Waals surface area contributed by atoms with E-state index in [1.54, 1.807) is 0 Å². The van der Waals surface area contributed by atoms with E-state index in [1.807, 2.05) is 72.8 Å². The second-order valence-electron chi connectivity index (χ2n) is 9.00. The number of allylic oxidation sites excluding steroid dienone is 2. The summed E-state index contributed by atoms with van der Waals surface area (Å²) in [4.78, 5) is 38.7. The number of amides is 2. The van der Waals surface area contributed by atoms with E-state index in [9.17, 15) is 14.4 Å². The molecule has 0 saturated heterocycles. The highest BCUT2D eigenvalue weighted by molar-refractivity contribution is 5.86. The molecule has 8 nitrogen and oxygen atoms in total. The average molecular weight is 509 g/mol. The minimum absolute atomic E-state index is 0.0272. The number of esters is 1. The maximum absolute atomic E-state index is 13.2. The lowest BCUT2D eigenvalue weighted by Crippen LogP contribution is -2.38. The van der Waals surface area contributed by atoms with Crippen molar-refractivity contribution in [3.8, 4) is 0 Å². The van der Waals surface area contributed by atoms with Gasteiger partial charge in [-0.05, 0) is 30.4 Å². The lowest BCUT2D eigenvalue weighted by Gasteiger charge is -2.24. The Kier molecular flexibility index (Phi) is 11.8. The summed E-state index contributed by atoms with van der Waals surface area (Å²) in [5, 5.41) is 14.4. The minimum Gasteiger partial charge on any atom is -0.455 e. The van der Waals surface area contributed by atoms with E-state index >= 15 is 0 Å². The van der Waals surface area contributed by atoms with Gasteiger partial charge in [0.15, 0.2) is 0 Å². The van der Waals surface area contributed by atoms with Crippen LogP contribution in [0.4, 0.5) is 0 Å². The molecule has 2 aromatic carbocycles. The predicted molar refractivity (Wildman–Crippen MR) is 139 cm³/mol. The Morgan fingerprint density at radius 3 is 2.35 bits per heavy atom. The van der Waals surface area contributed by atoms with Crippen molar-refractivity contribution in [1.29, 1.82) is 0 Å². The van der Waals surface area contributed by atoms with Gasteiger partial charge in [0.1, 0.15) is 6.10 Å². The number of aliphatic hydroxyl groups excluding tert-OH is 1. The van der Waals surface area contributed by atoms with Gasteiger partial charge in [-0.1, -0.05) is 72.8 Å². The van der Waals surface area contributed by atoms with Crippen LogP contribution in [0.15, 0.2) is 72.8 Å². The van der Waals surface area contributed by atoms with Gasteiger partial charge in [-0.25, -0.2) is 0 Å². The van der Waals surface area contributed by atoms with Crippen LogP contribution in [0.25, 0.3) is 0 Å². The number of ether oxygens (including phenoxy) is 2. The van der Waals surface area contributed by atoms with Crippen LogP contribution in [-0.4, -0.2) is 55.8 Å². The third kappa shape index (κ3) is 9.82. The number of aliphatic hydroxyl groups is 1. The summed E-state index contributed by atoms with van der Waals surface area (Å²) in [7, 11) is 0. The zero-order valence-corrected chi connectivity index (χ0v) is 21.0. The van der Waals surface area contributed by atoms with Crippen LogP contribution in [-0.2, 0) is 30.3 Å². The van der Waals surface area contributed by atoms with Gasteiger partial charge in [-0.15, -0.1) is 0 Å². The third-order valence-electron chi connectivity index (χ3n) is 6.16. The van der Waals surface area contributed by atoms with Crippen molar-refractivity contribution >= 4 is 17.8 Å². The van der Waals surface area contributed by atoms with Crippen LogP contribution >= 0.6 is 0 Å². The Morgan fingerprint density at radius 2 is 1.65 bits per heavy atom. The van der Waals surface area contributed by atoms with E-state index in [0.29, 0.717) is 25.8 Å². The number of cyclic esters (lactones) is 1. The molecule has 1 heterocycles.